The molecule has 3 aromatic rings. The molecule has 0 aliphatic heterocycles. The second kappa shape index (κ2) is 8.63. The fourth-order valence-corrected chi connectivity index (χ4v) is 3.16. The Morgan fingerprint density at radius 2 is 1.89 bits per heavy atom. The number of rotatable bonds is 6. The van der Waals surface area contributed by atoms with Crippen molar-refractivity contribution in [3.05, 3.63) is 75.3 Å². The Labute approximate surface area is 172 Å². The van der Waals surface area contributed by atoms with Crippen LogP contribution in [0.5, 0.6) is 5.75 Å². The summed E-state index contributed by atoms with van der Waals surface area (Å²) in [4.78, 5) is 12.3. The number of benzene rings is 2. The summed E-state index contributed by atoms with van der Waals surface area (Å²) < 4.78 is 20.3. The zero-order valence-corrected chi connectivity index (χ0v) is 16.8. The first-order valence-corrected chi connectivity index (χ1v) is 9.25. The molecule has 1 amide bonds. The van der Waals surface area contributed by atoms with E-state index in [1.807, 2.05) is 6.92 Å². The Kier molecular flexibility index (Phi) is 6.21. The summed E-state index contributed by atoms with van der Waals surface area (Å²) in [6, 6.07) is 10.8. The van der Waals surface area contributed by atoms with Gasteiger partial charge in [0.2, 0.25) is 5.91 Å². The zero-order chi connectivity index (χ0) is 20.3. The molecule has 8 heteroatoms. The first-order valence-electron chi connectivity index (χ1n) is 8.49. The van der Waals surface area contributed by atoms with E-state index in [1.165, 1.54) is 12.1 Å². The van der Waals surface area contributed by atoms with Crippen molar-refractivity contribution in [3.8, 4) is 5.75 Å². The van der Waals surface area contributed by atoms with Gasteiger partial charge in [-0.2, -0.15) is 5.10 Å². The predicted octanol–water partition coefficient (Wildman–Crippen LogP) is 5.16. The van der Waals surface area contributed by atoms with Gasteiger partial charge < -0.3 is 10.1 Å². The summed E-state index contributed by atoms with van der Waals surface area (Å²) in [6.45, 7) is 3.76. The van der Waals surface area contributed by atoms with E-state index in [1.54, 1.807) is 41.9 Å². The van der Waals surface area contributed by atoms with E-state index in [4.69, 9.17) is 27.9 Å². The van der Waals surface area contributed by atoms with Crippen LogP contribution < -0.4 is 10.1 Å². The highest BCUT2D eigenvalue weighted by Crippen LogP contribution is 2.28. The number of anilines is 1. The second-order valence-electron chi connectivity index (χ2n) is 6.24. The zero-order valence-electron chi connectivity index (χ0n) is 15.3. The van der Waals surface area contributed by atoms with Gasteiger partial charge in [-0.3, -0.25) is 4.79 Å². The molecule has 0 atom stereocenters. The van der Waals surface area contributed by atoms with Crippen LogP contribution in [0.15, 0.2) is 42.5 Å². The van der Waals surface area contributed by atoms with Gasteiger partial charge in [0.1, 0.15) is 11.6 Å². The minimum absolute atomic E-state index is 0.127. The van der Waals surface area contributed by atoms with Gasteiger partial charge >= 0.3 is 0 Å². The quantitative estimate of drug-likeness (QED) is 0.597. The Morgan fingerprint density at radius 3 is 2.57 bits per heavy atom. The number of halogens is 3. The van der Waals surface area contributed by atoms with Crippen LogP contribution in [-0.2, 0) is 17.9 Å². The molecule has 0 bridgehead atoms. The molecule has 0 radical (unpaired) electrons. The molecule has 5 nitrogen and oxygen atoms in total. The van der Waals surface area contributed by atoms with Gasteiger partial charge in [-0.05, 0) is 49.7 Å². The van der Waals surface area contributed by atoms with Crippen molar-refractivity contribution in [3.63, 3.8) is 0 Å². The van der Waals surface area contributed by atoms with Gasteiger partial charge in [-0.1, -0.05) is 35.3 Å². The van der Waals surface area contributed by atoms with Gasteiger partial charge in [-0.15, -0.1) is 0 Å². The predicted molar refractivity (Wildman–Crippen MR) is 108 cm³/mol. The number of carbonyl (C=O) groups excluding carboxylic acids is 1. The molecule has 1 aromatic heterocycles. The first kappa shape index (κ1) is 20.2. The minimum Gasteiger partial charge on any atom is -0.470 e. The summed E-state index contributed by atoms with van der Waals surface area (Å²) >= 11 is 12.0. The number of amides is 1. The Morgan fingerprint density at radius 1 is 1.18 bits per heavy atom. The smallest absolute Gasteiger partial charge is 0.228 e. The average molecular weight is 422 g/mol. The van der Waals surface area contributed by atoms with E-state index < -0.39 is 0 Å². The van der Waals surface area contributed by atoms with Crippen LogP contribution in [0.3, 0.4) is 0 Å². The highest BCUT2D eigenvalue weighted by molar-refractivity contribution is 6.35. The van der Waals surface area contributed by atoms with E-state index in [2.05, 4.69) is 10.4 Å². The van der Waals surface area contributed by atoms with Crippen molar-refractivity contribution in [2.75, 3.05) is 5.32 Å². The van der Waals surface area contributed by atoms with Gasteiger partial charge in [0.05, 0.1) is 28.5 Å². The maximum Gasteiger partial charge on any atom is 0.228 e. The molecule has 146 valence electrons. The maximum atomic E-state index is 13.0. The molecule has 3 rings (SSSR count). The van der Waals surface area contributed by atoms with Crippen LogP contribution in [0, 0.1) is 19.7 Å². The highest BCUT2D eigenvalue weighted by Gasteiger charge is 2.15. The SMILES string of the molecule is Cc1nn(COc2ccc(Cl)cc2Cl)c(C)c1NC(=O)Cc1ccc(F)cc1. The molecular formula is C20H18Cl2FN3O2. The lowest BCUT2D eigenvalue weighted by atomic mass is 10.1. The highest BCUT2D eigenvalue weighted by atomic mass is 35.5. The largest absolute Gasteiger partial charge is 0.470 e. The lowest BCUT2D eigenvalue weighted by Gasteiger charge is -2.10. The van der Waals surface area contributed by atoms with E-state index in [-0.39, 0.29) is 24.9 Å². The number of hydrogen-bond donors (Lipinski definition) is 1. The molecule has 28 heavy (non-hydrogen) atoms. The Hall–Kier alpha value is -2.57. The van der Waals surface area contributed by atoms with Crippen molar-refractivity contribution in [1.29, 1.82) is 0 Å². The molecule has 0 aliphatic carbocycles. The summed E-state index contributed by atoms with van der Waals surface area (Å²) in [5, 5.41) is 8.19. The van der Waals surface area contributed by atoms with Gasteiger partial charge in [-0.25, -0.2) is 9.07 Å². The fourth-order valence-electron chi connectivity index (χ4n) is 2.70. The number of nitrogens with zero attached hydrogens (tertiary/aromatic N) is 2. The van der Waals surface area contributed by atoms with Crippen LogP contribution in [-0.4, -0.2) is 15.7 Å². The van der Waals surface area contributed by atoms with Crippen molar-refractivity contribution in [2.24, 2.45) is 0 Å². The van der Waals surface area contributed by atoms with Crippen molar-refractivity contribution in [1.82, 2.24) is 9.78 Å². The van der Waals surface area contributed by atoms with Crippen molar-refractivity contribution in [2.45, 2.75) is 27.0 Å². The van der Waals surface area contributed by atoms with Gasteiger partial charge in [0, 0.05) is 5.02 Å². The molecule has 0 aliphatic rings. The third-order valence-corrected chi connectivity index (χ3v) is 4.69. The Balaban J connectivity index is 1.67. The minimum atomic E-state index is -0.335. The number of carbonyl (C=O) groups is 1. The van der Waals surface area contributed by atoms with Crippen LogP contribution >= 0.6 is 23.2 Å². The molecule has 1 heterocycles. The summed E-state index contributed by atoms with van der Waals surface area (Å²) in [7, 11) is 0. The maximum absolute atomic E-state index is 13.0. The van der Waals surface area contributed by atoms with Crippen molar-refractivity contribution < 1.29 is 13.9 Å². The number of nitrogens with one attached hydrogen (secondary N) is 1. The fraction of sp³-hybridized carbons (Fsp3) is 0.200. The summed E-state index contributed by atoms with van der Waals surface area (Å²) in [5.41, 5.74) is 2.76. The lowest BCUT2D eigenvalue weighted by molar-refractivity contribution is -0.115. The van der Waals surface area contributed by atoms with E-state index >= 15 is 0 Å². The topological polar surface area (TPSA) is 56.1 Å². The van der Waals surface area contributed by atoms with E-state index in [0.717, 1.165) is 11.3 Å². The van der Waals surface area contributed by atoms with Gasteiger partial charge in [0.25, 0.3) is 0 Å². The molecular weight excluding hydrogens is 404 g/mol. The van der Waals surface area contributed by atoms with Crippen LogP contribution in [0.1, 0.15) is 17.0 Å². The number of ether oxygens (including phenoxy) is 1. The lowest BCUT2D eigenvalue weighted by Crippen LogP contribution is -2.16. The Bertz CT molecular complexity index is 1000. The third kappa shape index (κ3) is 4.82. The van der Waals surface area contributed by atoms with Crippen LogP contribution in [0.4, 0.5) is 10.1 Å². The standard InChI is InChI=1S/C20H18Cl2FN3O2/c1-12-20(24-19(27)9-14-3-6-16(23)7-4-14)13(2)26(25-12)11-28-18-8-5-15(21)10-17(18)22/h3-8,10H,9,11H2,1-2H3,(H,24,27). The van der Waals surface area contributed by atoms with Crippen LogP contribution in [0.2, 0.25) is 10.0 Å². The summed E-state index contributed by atoms with van der Waals surface area (Å²) in [5.74, 6) is -0.0579. The average Bonchev–Trinajstić information content (AvgIpc) is 2.90. The first-order chi connectivity index (χ1) is 13.3. The second-order valence-corrected chi connectivity index (χ2v) is 7.09. The summed E-state index contributed by atoms with van der Waals surface area (Å²) in [6.07, 6.45) is 0.140. The van der Waals surface area contributed by atoms with E-state index in [9.17, 15) is 9.18 Å². The monoisotopic (exact) mass is 421 g/mol. The van der Waals surface area contributed by atoms with E-state index in [0.29, 0.717) is 27.2 Å². The third-order valence-electron chi connectivity index (χ3n) is 4.16. The molecule has 1 N–H and O–H groups in total. The number of aromatic nitrogens is 2. The van der Waals surface area contributed by atoms with Crippen LogP contribution in [0.25, 0.3) is 0 Å². The number of hydrogen-bond acceptors (Lipinski definition) is 3. The van der Waals surface area contributed by atoms with Gasteiger partial charge in [0.15, 0.2) is 6.73 Å². The molecule has 0 fully saturated rings. The van der Waals surface area contributed by atoms with Crippen molar-refractivity contribution >= 4 is 34.8 Å². The number of aryl methyl sites for hydroxylation is 1. The molecule has 0 unspecified atom stereocenters. The molecule has 0 saturated heterocycles. The molecule has 2 aromatic carbocycles. The molecule has 0 spiro atoms. The normalized spacial score (nSPS) is 10.8. The molecule has 0 saturated carbocycles.